The summed E-state index contributed by atoms with van der Waals surface area (Å²) in [7, 11) is 3.19. The zero-order valence-electron chi connectivity index (χ0n) is 14.3. The molecule has 1 atom stereocenters. The van der Waals surface area contributed by atoms with Crippen molar-refractivity contribution in [3.8, 4) is 5.75 Å². The van der Waals surface area contributed by atoms with Gasteiger partial charge in [0.1, 0.15) is 5.75 Å². The van der Waals surface area contributed by atoms with Gasteiger partial charge in [-0.1, -0.05) is 12.1 Å². The molecule has 1 saturated heterocycles. The number of guanidine groups is 1. The maximum atomic E-state index is 12.2. The van der Waals surface area contributed by atoms with Crippen LogP contribution in [0.25, 0.3) is 0 Å². The number of halogens is 4. The molecule has 0 bridgehead atoms. The second-order valence-electron chi connectivity index (χ2n) is 5.61. The van der Waals surface area contributed by atoms with Gasteiger partial charge in [-0.05, 0) is 18.6 Å². The van der Waals surface area contributed by atoms with E-state index in [2.05, 4.69) is 20.5 Å². The number of alkyl halides is 3. The predicted octanol–water partition coefficient (Wildman–Crippen LogP) is 3.01. The van der Waals surface area contributed by atoms with E-state index in [1.54, 1.807) is 14.2 Å². The number of benzene rings is 1. The van der Waals surface area contributed by atoms with E-state index >= 15 is 0 Å². The van der Waals surface area contributed by atoms with E-state index in [4.69, 9.17) is 4.74 Å². The largest absolute Gasteiger partial charge is 0.495 e. The van der Waals surface area contributed by atoms with Crippen molar-refractivity contribution in [3.63, 3.8) is 0 Å². The lowest BCUT2D eigenvalue weighted by Crippen LogP contribution is -2.45. The molecule has 1 unspecified atom stereocenters. The second kappa shape index (κ2) is 9.93. The molecule has 0 spiro atoms. The van der Waals surface area contributed by atoms with Crippen LogP contribution in [0.2, 0.25) is 0 Å². The van der Waals surface area contributed by atoms with Crippen molar-refractivity contribution in [1.82, 2.24) is 10.6 Å². The minimum Gasteiger partial charge on any atom is -0.495 e. The van der Waals surface area contributed by atoms with Crippen molar-refractivity contribution in [1.29, 1.82) is 0 Å². The molecule has 0 radical (unpaired) electrons. The standard InChI is InChI=1S/C16H23F3N4O.HI/c1-20-15(21-9-8-16(17,18)19)22-12-7-10-23(11-12)13-5-3-4-6-14(13)24-2;/h3-6,12H,7-11H2,1-2H3,(H2,20,21,22);1H. The molecule has 25 heavy (non-hydrogen) atoms. The first kappa shape index (κ1) is 21.7. The molecule has 0 aromatic heterocycles. The molecule has 2 rings (SSSR count). The highest BCUT2D eigenvalue weighted by atomic mass is 127. The molecule has 1 aromatic carbocycles. The highest BCUT2D eigenvalue weighted by molar-refractivity contribution is 14.0. The number of methoxy groups -OCH3 is 1. The lowest BCUT2D eigenvalue weighted by atomic mass is 10.2. The first-order chi connectivity index (χ1) is 11.4. The molecule has 0 aliphatic carbocycles. The fourth-order valence-corrected chi connectivity index (χ4v) is 2.70. The monoisotopic (exact) mass is 472 g/mol. The number of aliphatic imine (C=N–C) groups is 1. The fourth-order valence-electron chi connectivity index (χ4n) is 2.70. The molecule has 1 aliphatic heterocycles. The van der Waals surface area contributed by atoms with Gasteiger partial charge in [-0.2, -0.15) is 13.2 Å². The Hall–Kier alpha value is -1.39. The van der Waals surface area contributed by atoms with Crippen molar-refractivity contribution in [2.45, 2.75) is 25.1 Å². The SMILES string of the molecule is CN=C(NCCC(F)(F)F)NC1CCN(c2ccccc2OC)C1.I. The summed E-state index contributed by atoms with van der Waals surface area (Å²) < 4.78 is 42.0. The molecule has 1 heterocycles. The Bertz CT molecular complexity index is 569. The van der Waals surface area contributed by atoms with Gasteiger partial charge in [0.05, 0.1) is 19.2 Å². The molecule has 0 amide bonds. The van der Waals surface area contributed by atoms with Crippen LogP contribution in [0.4, 0.5) is 18.9 Å². The van der Waals surface area contributed by atoms with Crippen LogP contribution >= 0.6 is 24.0 Å². The van der Waals surface area contributed by atoms with Crippen molar-refractivity contribution in [3.05, 3.63) is 24.3 Å². The average molecular weight is 472 g/mol. The Morgan fingerprint density at radius 1 is 1.36 bits per heavy atom. The van der Waals surface area contributed by atoms with Crippen molar-refractivity contribution in [2.24, 2.45) is 4.99 Å². The van der Waals surface area contributed by atoms with Crippen LogP contribution in [0, 0.1) is 0 Å². The van der Waals surface area contributed by atoms with Gasteiger partial charge in [0.15, 0.2) is 5.96 Å². The Morgan fingerprint density at radius 3 is 2.72 bits per heavy atom. The number of nitrogens with zero attached hydrogens (tertiary/aromatic N) is 2. The summed E-state index contributed by atoms with van der Waals surface area (Å²) >= 11 is 0. The highest BCUT2D eigenvalue weighted by Gasteiger charge is 2.27. The summed E-state index contributed by atoms with van der Waals surface area (Å²) in [5.74, 6) is 1.21. The molecule has 0 saturated carbocycles. The van der Waals surface area contributed by atoms with Crippen molar-refractivity contribution in [2.75, 3.05) is 38.7 Å². The number of hydrogen-bond donors (Lipinski definition) is 2. The van der Waals surface area contributed by atoms with Crippen LogP contribution in [0.3, 0.4) is 0 Å². The van der Waals surface area contributed by atoms with Gasteiger partial charge in [-0.3, -0.25) is 4.99 Å². The Morgan fingerprint density at radius 2 is 2.08 bits per heavy atom. The zero-order chi connectivity index (χ0) is 17.6. The molecule has 1 aromatic rings. The van der Waals surface area contributed by atoms with Gasteiger partial charge in [-0.25, -0.2) is 0 Å². The van der Waals surface area contributed by atoms with E-state index in [1.807, 2.05) is 24.3 Å². The van der Waals surface area contributed by atoms with Crippen LogP contribution in [0.1, 0.15) is 12.8 Å². The summed E-state index contributed by atoms with van der Waals surface area (Å²) in [4.78, 5) is 6.18. The van der Waals surface area contributed by atoms with E-state index in [9.17, 15) is 13.2 Å². The van der Waals surface area contributed by atoms with E-state index < -0.39 is 12.6 Å². The van der Waals surface area contributed by atoms with Gasteiger partial charge < -0.3 is 20.3 Å². The quantitative estimate of drug-likeness (QED) is 0.393. The third kappa shape index (κ3) is 6.79. The van der Waals surface area contributed by atoms with E-state index in [0.717, 1.165) is 30.9 Å². The van der Waals surface area contributed by atoms with Gasteiger partial charge >= 0.3 is 6.18 Å². The number of rotatable bonds is 5. The average Bonchev–Trinajstić information content (AvgIpc) is 3.01. The molecule has 142 valence electrons. The first-order valence-corrected chi connectivity index (χ1v) is 7.85. The number of para-hydroxylation sites is 2. The van der Waals surface area contributed by atoms with Gasteiger partial charge in [0.25, 0.3) is 0 Å². The minimum atomic E-state index is -4.17. The number of nitrogens with one attached hydrogen (secondary N) is 2. The molecule has 9 heteroatoms. The Kier molecular flexibility index (Phi) is 8.60. The zero-order valence-corrected chi connectivity index (χ0v) is 16.6. The normalized spacial score (nSPS) is 17.9. The summed E-state index contributed by atoms with van der Waals surface area (Å²) in [6, 6.07) is 7.90. The molecule has 1 aliphatic rings. The summed E-state index contributed by atoms with van der Waals surface area (Å²) in [5.41, 5.74) is 1.02. The predicted molar refractivity (Wildman–Crippen MR) is 104 cm³/mol. The summed E-state index contributed by atoms with van der Waals surface area (Å²) in [6.07, 6.45) is -4.18. The van der Waals surface area contributed by atoms with Crippen LogP contribution in [0.5, 0.6) is 5.75 Å². The van der Waals surface area contributed by atoms with E-state index in [-0.39, 0.29) is 36.6 Å². The van der Waals surface area contributed by atoms with Gasteiger partial charge in [0.2, 0.25) is 0 Å². The number of ether oxygens (including phenoxy) is 1. The molecular weight excluding hydrogens is 448 g/mol. The minimum absolute atomic E-state index is 0. The smallest absolute Gasteiger partial charge is 0.390 e. The maximum absolute atomic E-state index is 12.2. The van der Waals surface area contributed by atoms with Gasteiger partial charge in [-0.15, -0.1) is 24.0 Å². The molecule has 5 nitrogen and oxygen atoms in total. The van der Waals surface area contributed by atoms with Crippen LogP contribution < -0.4 is 20.3 Å². The van der Waals surface area contributed by atoms with E-state index in [1.165, 1.54) is 0 Å². The lowest BCUT2D eigenvalue weighted by Gasteiger charge is -2.22. The topological polar surface area (TPSA) is 48.9 Å². The molecule has 1 fully saturated rings. The van der Waals surface area contributed by atoms with E-state index in [0.29, 0.717) is 5.96 Å². The summed E-state index contributed by atoms with van der Waals surface area (Å²) in [5, 5.41) is 5.88. The highest BCUT2D eigenvalue weighted by Crippen LogP contribution is 2.30. The van der Waals surface area contributed by atoms with Gasteiger partial charge in [0, 0.05) is 32.7 Å². The first-order valence-electron chi connectivity index (χ1n) is 7.85. The lowest BCUT2D eigenvalue weighted by molar-refractivity contribution is -0.132. The van der Waals surface area contributed by atoms with Crippen molar-refractivity contribution >= 4 is 35.6 Å². The Balaban J connectivity index is 0.00000312. The molecule has 2 N–H and O–H groups in total. The second-order valence-corrected chi connectivity index (χ2v) is 5.61. The van der Waals surface area contributed by atoms with Crippen LogP contribution in [-0.2, 0) is 0 Å². The number of anilines is 1. The van der Waals surface area contributed by atoms with Crippen LogP contribution in [0.15, 0.2) is 29.3 Å². The van der Waals surface area contributed by atoms with Crippen LogP contribution in [-0.4, -0.2) is 52.0 Å². The number of hydrogen-bond acceptors (Lipinski definition) is 3. The summed E-state index contributed by atoms with van der Waals surface area (Å²) in [6.45, 7) is 1.39. The molecular formula is C16H24F3IN4O. The maximum Gasteiger partial charge on any atom is 0.390 e. The third-order valence-corrected chi connectivity index (χ3v) is 3.88. The Labute approximate surface area is 163 Å². The third-order valence-electron chi connectivity index (χ3n) is 3.88. The fraction of sp³-hybridized carbons (Fsp3) is 0.562. The van der Waals surface area contributed by atoms with Crippen molar-refractivity contribution < 1.29 is 17.9 Å².